The van der Waals surface area contributed by atoms with Gasteiger partial charge in [-0.25, -0.2) is 8.42 Å². The molecule has 25 heavy (non-hydrogen) atoms. The fourth-order valence-electron chi connectivity index (χ4n) is 2.87. The molecule has 0 bridgehead atoms. The van der Waals surface area contributed by atoms with Crippen LogP contribution in [-0.2, 0) is 14.8 Å². The van der Waals surface area contributed by atoms with E-state index in [0.29, 0.717) is 34.3 Å². The highest BCUT2D eigenvalue weighted by Crippen LogP contribution is 2.28. The van der Waals surface area contributed by atoms with Crippen LogP contribution in [0.15, 0.2) is 39.9 Å². The first-order chi connectivity index (χ1) is 11.9. The van der Waals surface area contributed by atoms with Crippen LogP contribution in [0.5, 0.6) is 0 Å². The molecule has 1 aliphatic rings. The lowest BCUT2D eigenvalue weighted by Gasteiger charge is -2.30. The Morgan fingerprint density at radius 2 is 2.16 bits per heavy atom. The Labute approximate surface area is 156 Å². The fraction of sp³-hybridized carbons (Fsp3) is 0.353. The highest BCUT2D eigenvalue weighted by atomic mass is 35.5. The molecule has 0 saturated carbocycles. The number of aryl methyl sites for hydroxylation is 1. The van der Waals surface area contributed by atoms with E-state index >= 15 is 0 Å². The maximum absolute atomic E-state index is 12.6. The summed E-state index contributed by atoms with van der Waals surface area (Å²) in [4.78, 5) is 12.6. The van der Waals surface area contributed by atoms with Crippen LogP contribution in [0, 0.1) is 12.8 Å². The highest BCUT2D eigenvalue weighted by Gasteiger charge is 2.33. The van der Waals surface area contributed by atoms with Gasteiger partial charge in [0.25, 0.3) is 10.0 Å². The van der Waals surface area contributed by atoms with Gasteiger partial charge >= 0.3 is 0 Å². The Kier molecular flexibility index (Phi) is 5.48. The van der Waals surface area contributed by atoms with E-state index < -0.39 is 10.0 Å². The molecule has 1 atom stereocenters. The lowest BCUT2D eigenvalue weighted by molar-refractivity contribution is -0.120. The van der Waals surface area contributed by atoms with Crippen LogP contribution in [0.3, 0.4) is 0 Å². The summed E-state index contributed by atoms with van der Waals surface area (Å²) in [6, 6.07) is 8.72. The number of amides is 1. The zero-order valence-corrected chi connectivity index (χ0v) is 16.1. The molecule has 1 fully saturated rings. The van der Waals surface area contributed by atoms with Crippen LogP contribution in [0.25, 0.3) is 0 Å². The molecule has 1 unspecified atom stereocenters. The average molecular weight is 399 g/mol. The molecule has 0 aliphatic carbocycles. The topological polar surface area (TPSA) is 66.5 Å². The maximum atomic E-state index is 12.6. The van der Waals surface area contributed by atoms with Crippen molar-refractivity contribution in [3.8, 4) is 0 Å². The summed E-state index contributed by atoms with van der Waals surface area (Å²) in [6.45, 7) is 2.55. The van der Waals surface area contributed by atoms with Crippen LogP contribution in [0.1, 0.15) is 18.4 Å². The third-order valence-electron chi connectivity index (χ3n) is 4.23. The van der Waals surface area contributed by atoms with Crippen LogP contribution < -0.4 is 5.32 Å². The second kappa shape index (κ2) is 7.45. The molecule has 1 amide bonds. The molecular weight excluding hydrogens is 380 g/mol. The van der Waals surface area contributed by atoms with E-state index in [9.17, 15) is 13.2 Å². The molecule has 1 saturated heterocycles. The van der Waals surface area contributed by atoms with Crippen molar-refractivity contribution in [3.05, 3.63) is 46.3 Å². The number of nitrogens with one attached hydrogen (secondary N) is 1. The predicted molar refractivity (Wildman–Crippen MR) is 101 cm³/mol. The molecule has 8 heteroatoms. The number of hydrogen-bond donors (Lipinski definition) is 1. The van der Waals surface area contributed by atoms with Gasteiger partial charge in [0.15, 0.2) is 0 Å². The molecule has 3 rings (SSSR count). The minimum Gasteiger partial charge on any atom is -0.324 e. The van der Waals surface area contributed by atoms with E-state index in [1.807, 2.05) is 13.0 Å². The van der Waals surface area contributed by atoms with Crippen molar-refractivity contribution in [2.45, 2.75) is 24.0 Å². The Balaban J connectivity index is 1.72. The SMILES string of the molecule is Cc1ccc(NC(=O)C2CCCN(S(=O)(=O)c3cccs3)C2)c(Cl)c1. The molecule has 1 aromatic heterocycles. The number of benzene rings is 1. The second-order valence-electron chi connectivity index (χ2n) is 6.11. The van der Waals surface area contributed by atoms with E-state index in [4.69, 9.17) is 11.6 Å². The Morgan fingerprint density at radius 3 is 2.84 bits per heavy atom. The van der Waals surface area contributed by atoms with Gasteiger partial charge in [0.2, 0.25) is 5.91 Å². The van der Waals surface area contributed by atoms with Crippen molar-refractivity contribution in [1.82, 2.24) is 4.31 Å². The number of halogens is 1. The molecule has 5 nitrogen and oxygen atoms in total. The third kappa shape index (κ3) is 4.06. The Morgan fingerprint density at radius 1 is 1.36 bits per heavy atom. The van der Waals surface area contributed by atoms with Crippen LogP contribution in [0.2, 0.25) is 5.02 Å². The molecular formula is C17H19ClN2O3S2. The standard InChI is InChI=1S/C17H19ClN2O3S2/c1-12-6-7-15(14(18)10-12)19-17(21)13-4-2-8-20(11-13)25(22,23)16-5-3-9-24-16/h3,5-7,9-10,13H,2,4,8,11H2,1H3,(H,19,21). The molecule has 0 radical (unpaired) electrons. The number of thiophene rings is 1. The number of sulfonamides is 1. The fourth-order valence-corrected chi connectivity index (χ4v) is 5.82. The summed E-state index contributed by atoms with van der Waals surface area (Å²) in [5.41, 5.74) is 1.56. The number of piperidine rings is 1. The van der Waals surface area contributed by atoms with Gasteiger partial charge in [-0.15, -0.1) is 11.3 Å². The van der Waals surface area contributed by atoms with E-state index in [1.54, 1.807) is 29.6 Å². The number of nitrogens with zero attached hydrogens (tertiary/aromatic N) is 1. The molecule has 2 aromatic rings. The molecule has 2 heterocycles. The molecule has 1 aromatic carbocycles. The third-order valence-corrected chi connectivity index (χ3v) is 7.78. The largest absolute Gasteiger partial charge is 0.324 e. The van der Waals surface area contributed by atoms with Crippen molar-refractivity contribution in [1.29, 1.82) is 0 Å². The Hall–Kier alpha value is -1.41. The second-order valence-corrected chi connectivity index (χ2v) is 9.63. The maximum Gasteiger partial charge on any atom is 0.252 e. The van der Waals surface area contributed by atoms with Gasteiger partial charge in [-0.1, -0.05) is 23.7 Å². The number of carbonyl (C=O) groups excluding carboxylic acids is 1. The quantitative estimate of drug-likeness (QED) is 0.852. The zero-order chi connectivity index (χ0) is 18.0. The minimum atomic E-state index is -3.53. The van der Waals surface area contributed by atoms with Gasteiger partial charge in [-0.05, 0) is 48.9 Å². The molecule has 0 spiro atoms. The van der Waals surface area contributed by atoms with Crippen molar-refractivity contribution in [2.75, 3.05) is 18.4 Å². The van der Waals surface area contributed by atoms with Crippen molar-refractivity contribution in [3.63, 3.8) is 0 Å². The van der Waals surface area contributed by atoms with Crippen LogP contribution in [-0.4, -0.2) is 31.7 Å². The monoisotopic (exact) mass is 398 g/mol. The Bertz CT molecular complexity index is 866. The predicted octanol–water partition coefficient (Wildman–Crippen LogP) is 3.75. The summed E-state index contributed by atoms with van der Waals surface area (Å²) < 4.78 is 27.0. The van der Waals surface area contributed by atoms with Gasteiger partial charge in [0.1, 0.15) is 4.21 Å². The van der Waals surface area contributed by atoms with E-state index in [-0.39, 0.29) is 18.4 Å². The van der Waals surface area contributed by atoms with E-state index in [1.165, 1.54) is 15.6 Å². The number of anilines is 1. The number of rotatable bonds is 4. The smallest absolute Gasteiger partial charge is 0.252 e. The molecule has 1 aliphatic heterocycles. The highest BCUT2D eigenvalue weighted by molar-refractivity contribution is 7.91. The van der Waals surface area contributed by atoms with Crippen molar-refractivity contribution < 1.29 is 13.2 Å². The normalized spacial score (nSPS) is 18.9. The van der Waals surface area contributed by atoms with Gasteiger partial charge in [0, 0.05) is 13.1 Å². The lowest BCUT2D eigenvalue weighted by atomic mass is 9.98. The average Bonchev–Trinajstić information content (AvgIpc) is 3.13. The van der Waals surface area contributed by atoms with Crippen molar-refractivity contribution in [2.24, 2.45) is 5.92 Å². The summed E-state index contributed by atoms with van der Waals surface area (Å²) >= 11 is 7.35. The van der Waals surface area contributed by atoms with Crippen molar-refractivity contribution >= 4 is 44.6 Å². The van der Waals surface area contributed by atoms with Crippen LogP contribution in [0.4, 0.5) is 5.69 Å². The van der Waals surface area contributed by atoms with E-state index in [0.717, 1.165) is 5.56 Å². The summed E-state index contributed by atoms with van der Waals surface area (Å²) in [6.07, 6.45) is 1.32. The van der Waals surface area contributed by atoms with Gasteiger partial charge < -0.3 is 5.32 Å². The number of hydrogen-bond acceptors (Lipinski definition) is 4. The summed E-state index contributed by atoms with van der Waals surface area (Å²) in [7, 11) is -3.53. The first kappa shape index (κ1) is 18.4. The lowest BCUT2D eigenvalue weighted by Crippen LogP contribution is -2.43. The first-order valence-electron chi connectivity index (χ1n) is 7.98. The minimum absolute atomic E-state index is 0.190. The van der Waals surface area contributed by atoms with Gasteiger partial charge in [0.05, 0.1) is 16.6 Å². The number of carbonyl (C=O) groups is 1. The first-order valence-corrected chi connectivity index (χ1v) is 10.7. The summed E-state index contributed by atoms with van der Waals surface area (Å²) in [5, 5.41) is 5.04. The zero-order valence-electron chi connectivity index (χ0n) is 13.7. The molecule has 1 N–H and O–H groups in total. The van der Waals surface area contributed by atoms with Gasteiger partial charge in [-0.3, -0.25) is 4.79 Å². The van der Waals surface area contributed by atoms with Gasteiger partial charge in [-0.2, -0.15) is 4.31 Å². The summed E-state index contributed by atoms with van der Waals surface area (Å²) in [5.74, 6) is -0.585. The molecule has 134 valence electrons. The van der Waals surface area contributed by atoms with Crippen LogP contribution >= 0.6 is 22.9 Å². The van der Waals surface area contributed by atoms with E-state index in [2.05, 4.69) is 5.32 Å².